The number of thiol groups is 1. The van der Waals surface area contributed by atoms with Gasteiger partial charge in [0.2, 0.25) is 0 Å². The first-order valence-electron chi connectivity index (χ1n) is 4.84. The van der Waals surface area contributed by atoms with Gasteiger partial charge in [-0.1, -0.05) is 6.07 Å². The van der Waals surface area contributed by atoms with E-state index < -0.39 is 22.9 Å². The third-order valence-electron chi connectivity index (χ3n) is 1.60. The Morgan fingerprint density at radius 1 is 1.10 bits per heavy atom. The summed E-state index contributed by atoms with van der Waals surface area (Å²) in [6.07, 6.45) is 0. The van der Waals surface area contributed by atoms with Crippen LogP contribution in [0, 0.1) is 0 Å². The Balaban J connectivity index is 0. The third kappa shape index (κ3) is 9.02. The van der Waals surface area contributed by atoms with Crippen molar-refractivity contribution in [2.45, 2.75) is 0 Å². The van der Waals surface area contributed by atoms with Crippen LogP contribution in [0.25, 0.3) is 0 Å². The summed E-state index contributed by atoms with van der Waals surface area (Å²) in [6.45, 7) is -0.250. The number of carbonyl (C=O) groups is 2. The van der Waals surface area contributed by atoms with Gasteiger partial charge in [0.1, 0.15) is 0 Å². The van der Waals surface area contributed by atoms with Crippen LogP contribution in [-0.4, -0.2) is 78.4 Å². The first kappa shape index (κ1) is 21.3. The number of aliphatic hydroxyl groups excluding tert-OH is 2. The van der Waals surface area contributed by atoms with Crippen molar-refractivity contribution in [1.82, 2.24) is 0 Å². The summed E-state index contributed by atoms with van der Waals surface area (Å²) in [5.41, 5.74) is -0.250. The number of aromatic carboxylic acids is 1. The van der Waals surface area contributed by atoms with E-state index in [4.69, 9.17) is 15.3 Å². The van der Waals surface area contributed by atoms with Crippen molar-refractivity contribution in [3.8, 4) is 0 Å². The minimum atomic E-state index is -3.29. The van der Waals surface area contributed by atoms with Crippen LogP contribution < -0.4 is 0 Å². The number of hydrogen-bond donors (Lipinski definition) is 4. The Bertz CT molecular complexity index is 504. The van der Waals surface area contributed by atoms with E-state index in [1.165, 1.54) is 18.2 Å². The van der Waals surface area contributed by atoms with E-state index in [1.54, 1.807) is 0 Å². The second-order valence-corrected chi connectivity index (χ2v) is 3.57. The van der Waals surface area contributed by atoms with Gasteiger partial charge in [0.25, 0.3) is 0 Å². The van der Waals surface area contributed by atoms with Crippen LogP contribution in [0.4, 0.5) is 0 Å². The monoisotopic (exact) mass is 316 g/mol. The molecule has 0 saturated carbocycles. The van der Waals surface area contributed by atoms with Crippen LogP contribution in [0.15, 0.2) is 24.3 Å². The number of carboxylic acids is 1. The van der Waals surface area contributed by atoms with Crippen molar-refractivity contribution in [1.29, 1.82) is 0 Å². The number of carboxylic acid groups (broad SMARTS) is 1. The summed E-state index contributed by atoms with van der Waals surface area (Å²) < 4.78 is 24.1. The molecule has 0 aliphatic rings. The Hall–Kier alpha value is -0.970. The zero-order valence-corrected chi connectivity index (χ0v) is 10.4. The molecule has 0 unspecified atom stereocenters. The topological polar surface area (TPSA) is 138 Å². The van der Waals surface area contributed by atoms with Gasteiger partial charge in [-0.3, -0.25) is 0 Å². The predicted molar refractivity (Wildman–Crippen MR) is 70.5 cm³/mol. The van der Waals surface area contributed by atoms with Gasteiger partial charge in [0.15, 0.2) is 0 Å². The van der Waals surface area contributed by atoms with E-state index in [2.05, 4.69) is 4.18 Å². The Kier molecular flexibility index (Phi) is 12.6. The van der Waals surface area contributed by atoms with Gasteiger partial charge in [-0.25, -0.2) is 9.59 Å². The fourth-order valence-corrected chi connectivity index (χ4v) is 1.14. The molecular weight excluding hydrogens is 303 g/mol. The quantitative estimate of drug-likeness (QED) is 0.384. The summed E-state index contributed by atoms with van der Waals surface area (Å²) in [4.78, 5) is 21.6. The molecule has 0 spiro atoms. The second-order valence-electron chi connectivity index (χ2n) is 2.94. The van der Waals surface area contributed by atoms with Crippen molar-refractivity contribution < 1.29 is 37.5 Å². The molecule has 1 aromatic carbocycles. The van der Waals surface area contributed by atoms with Crippen LogP contribution in [0.5, 0.6) is 0 Å². The molecule has 0 aromatic heterocycles. The van der Waals surface area contributed by atoms with E-state index in [0.717, 1.165) is 6.07 Å². The van der Waals surface area contributed by atoms with E-state index in [1.807, 2.05) is 0 Å². The molecule has 20 heavy (non-hydrogen) atoms. The summed E-state index contributed by atoms with van der Waals surface area (Å²) in [6, 6.07) is 4.88. The van der Waals surface area contributed by atoms with Gasteiger partial charge in [0.05, 0.1) is 24.3 Å². The molecule has 0 heterocycles. The number of carbonyl (C=O) groups excluding carboxylic acids is 1. The molecule has 0 radical (unpaired) electrons. The number of hydrogen-bond acceptors (Lipinski definition) is 7. The molecule has 10 heteroatoms. The van der Waals surface area contributed by atoms with Gasteiger partial charge < -0.3 is 19.5 Å². The van der Waals surface area contributed by atoms with E-state index in [0.29, 0.717) is 0 Å². The SMILES string of the molecule is O=C(O)c1cccc(C(=O)O[SH](=O)=O)c1.OCCO.[NaH]. The van der Waals surface area contributed by atoms with E-state index >= 15 is 0 Å². The average Bonchev–Trinajstić information content (AvgIpc) is 2.38. The third-order valence-corrected chi connectivity index (χ3v) is 1.92. The molecule has 0 bridgehead atoms. The average molecular weight is 316 g/mol. The van der Waals surface area contributed by atoms with Crippen molar-refractivity contribution in [3.63, 3.8) is 0 Å². The molecule has 0 aliphatic carbocycles. The maximum absolute atomic E-state index is 11.0. The molecule has 3 N–H and O–H groups in total. The summed E-state index contributed by atoms with van der Waals surface area (Å²) >= 11 is 0. The first-order chi connectivity index (χ1) is 8.92. The number of benzene rings is 1. The normalized spacial score (nSPS) is 8.95. The van der Waals surface area contributed by atoms with Crippen molar-refractivity contribution in [2.75, 3.05) is 13.2 Å². The molecule has 1 rings (SSSR count). The number of aliphatic hydroxyl groups is 2. The molecule has 0 aliphatic heterocycles. The van der Waals surface area contributed by atoms with Crippen LogP contribution >= 0.6 is 0 Å². The van der Waals surface area contributed by atoms with Crippen molar-refractivity contribution in [2.24, 2.45) is 0 Å². The van der Waals surface area contributed by atoms with E-state index in [9.17, 15) is 18.0 Å². The van der Waals surface area contributed by atoms with Crippen LogP contribution in [0.1, 0.15) is 20.7 Å². The first-order valence-corrected chi connectivity index (χ1v) is 5.93. The zero-order valence-electron chi connectivity index (χ0n) is 9.55. The predicted octanol–water partition coefficient (Wildman–Crippen LogP) is -1.61. The minimum absolute atomic E-state index is 0. The molecule has 8 nitrogen and oxygen atoms in total. The van der Waals surface area contributed by atoms with Gasteiger partial charge in [0, 0.05) is 0 Å². The van der Waals surface area contributed by atoms with Gasteiger partial charge in [-0.15, -0.1) is 0 Å². The Morgan fingerprint density at radius 2 is 1.60 bits per heavy atom. The summed E-state index contributed by atoms with van der Waals surface area (Å²) in [5, 5.41) is 23.9. The second kappa shape index (κ2) is 11.8. The molecule has 0 saturated heterocycles. The molecule has 1 aromatic rings. The van der Waals surface area contributed by atoms with Gasteiger partial charge in [-0.2, -0.15) is 8.42 Å². The van der Waals surface area contributed by atoms with Crippen LogP contribution in [0.2, 0.25) is 0 Å². The fourth-order valence-electron chi connectivity index (χ4n) is 0.900. The molecule has 108 valence electrons. The van der Waals surface area contributed by atoms with Crippen molar-refractivity contribution >= 4 is 52.5 Å². The van der Waals surface area contributed by atoms with Gasteiger partial charge in [-0.05, 0) is 18.2 Å². The van der Waals surface area contributed by atoms with Crippen LogP contribution in [0.3, 0.4) is 0 Å². The molecule has 0 atom stereocenters. The Morgan fingerprint density at radius 3 is 2.00 bits per heavy atom. The summed E-state index contributed by atoms with van der Waals surface area (Å²) in [5.74, 6) is -2.31. The maximum atomic E-state index is 11.0. The molecule has 0 amide bonds. The standard InChI is InChI=1S/C8H6O6S.C2H6O2.Na.H/c9-7(10)5-2-1-3-6(4-5)8(11)14-15(12)13;3-1-2-4;;/h1-4,15H,(H,9,10);3-4H,1-2H2;;. The molecule has 0 fully saturated rings. The zero-order chi connectivity index (χ0) is 14.8. The number of rotatable bonds is 4. The van der Waals surface area contributed by atoms with Crippen molar-refractivity contribution in [3.05, 3.63) is 35.4 Å². The van der Waals surface area contributed by atoms with E-state index in [-0.39, 0.29) is 53.9 Å². The van der Waals surface area contributed by atoms with Crippen LogP contribution in [-0.2, 0) is 15.2 Å². The fraction of sp³-hybridized carbons (Fsp3) is 0.200. The Labute approximate surface area is 138 Å². The summed E-state index contributed by atoms with van der Waals surface area (Å²) in [7, 11) is -3.29. The molecular formula is C10H13NaO8S. The van der Waals surface area contributed by atoms with Gasteiger partial charge >= 0.3 is 52.5 Å².